The number of carbonyl (C=O) groups is 2. The number of nitrogens with two attached hydrogens (primary N) is 1. The second kappa shape index (κ2) is 10.9. The maximum atomic E-state index is 13.1. The first-order valence-corrected chi connectivity index (χ1v) is 11.5. The van der Waals surface area contributed by atoms with E-state index in [4.69, 9.17) is 17.3 Å². The summed E-state index contributed by atoms with van der Waals surface area (Å²) < 4.78 is 0. The summed E-state index contributed by atoms with van der Waals surface area (Å²) in [6, 6.07) is 21.4. The number of aryl methyl sites for hydroxylation is 1. The van der Waals surface area contributed by atoms with Gasteiger partial charge >= 0.3 is 0 Å². The van der Waals surface area contributed by atoms with Crippen molar-refractivity contribution in [3.05, 3.63) is 106 Å². The number of aromatic amines is 1. The fourth-order valence-corrected chi connectivity index (χ4v) is 3.84. The smallest absolute Gasteiger partial charge is 0.268 e. The van der Waals surface area contributed by atoms with Crippen molar-refractivity contribution in [3.8, 4) is 11.3 Å². The number of amides is 2. The largest absolute Gasteiger partial charge is 0.384 e. The predicted molar refractivity (Wildman–Crippen MR) is 138 cm³/mol. The van der Waals surface area contributed by atoms with Crippen LogP contribution in [0.1, 0.15) is 27.2 Å². The van der Waals surface area contributed by atoms with Crippen molar-refractivity contribution in [2.24, 2.45) is 0 Å². The van der Waals surface area contributed by atoms with Crippen molar-refractivity contribution < 1.29 is 9.59 Å². The van der Waals surface area contributed by atoms with Crippen LogP contribution in [0.3, 0.4) is 0 Å². The fourth-order valence-electron chi connectivity index (χ4n) is 3.63. The van der Waals surface area contributed by atoms with E-state index in [0.29, 0.717) is 16.5 Å². The molecule has 8 heteroatoms. The zero-order valence-electron chi connectivity index (χ0n) is 19.2. The summed E-state index contributed by atoms with van der Waals surface area (Å²) in [7, 11) is 0. The van der Waals surface area contributed by atoms with E-state index in [2.05, 4.69) is 20.6 Å². The van der Waals surface area contributed by atoms with E-state index in [1.165, 1.54) is 0 Å². The number of hydrogen-bond donors (Lipinski definition) is 4. The third kappa shape index (κ3) is 6.49. The molecule has 0 spiro atoms. The number of hydrogen-bond acceptors (Lipinski definition) is 4. The molecule has 0 bridgehead atoms. The van der Waals surface area contributed by atoms with Crippen LogP contribution in [0.4, 0.5) is 5.82 Å². The summed E-state index contributed by atoms with van der Waals surface area (Å²) in [6.45, 7) is 2.28. The van der Waals surface area contributed by atoms with Crippen LogP contribution in [0.15, 0.2) is 79.0 Å². The van der Waals surface area contributed by atoms with Gasteiger partial charge in [-0.25, -0.2) is 4.98 Å². The molecule has 2 aromatic carbocycles. The molecule has 4 aromatic rings. The molecule has 2 heterocycles. The quantitative estimate of drug-likeness (QED) is 0.297. The number of carbonyl (C=O) groups excluding carboxylic acids is 2. The van der Waals surface area contributed by atoms with Gasteiger partial charge in [-0.3, -0.25) is 9.59 Å². The van der Waals surface area contributed by atoms with E-state index < -0.39 is 6.04 Å². The maximum absolute atomic E-state index is 13.1. The van der Waals surface area contributed by atoms with Gasteiger partial charge in [0.25, 0.3) is 5.91 Å². The van der Waals surface area contributed by atoms with Gasteiger partial charge in [0.2, 0.25) is 5.91 Å². The monoisotopic (exact) mass is 487 g/mol. The van der Waals surface area contributed by atoms with Crippen LogP contribution >= 0.6 is 11.6 Å². The van der Waals surface area contributed by atoms with Crippen LogP contribution in [0, 0.1) is 6.92 Å². The molecule has 2 amide bonds. The Morgan fingerprint density at radius 3 is 2.54 bits per heavy atom. The Kier molecular flexibility index (Phi) is 7.48. The van der Waals surface area contributed by atoms with Crippen molar-refractivity contribution >= 4 is 29.2 Å². The summed E-state index contributed by atoms with van der Waals surface area (Å²) in [5.41, 5.74) is 10.6. The van der Waals surface area contributed by atoms with Crippen molar-refractivity contribution in [2.45, 2.75) is 25.9 Å². The first-order chi connectivity index (χ1) is 16.9. The summed E-state index contributed by atoms with van der Waals surface area (Å²) >= 11 is 6.12. The number of H-pyrrole nitrogens is 1. The van der Waals surface area contributed by atoms with Crippen molar-refractivity contribution in [1.29, 1.82) is 0 Å². The second-order valence-electron chi connectivity index (χ2n) is 8.32. The SMILES string of the molecule is Cc1ccc(-c2ccc(C(=O)N[C@@H](Cc3cccc(Cl)c3)C(=O)NCc3ccc(N)nc3)[nH]2)cc1. The second-order valence-corrected chi connectivity index (χ2v) is 8.76. The highest BCUT2D eigenvalue weighted by atomic mass is 35.5. The molecule has 0 aliphatic heterocycles. The number of aromatic nitrogens is 2. The number of rotatable bonds is 8. The van der Waals surface area contributed by atoms with Crippen LogP contribution in [0.25, 0.3) is 11.3 Å². The van der Waals surface area contributed by atoms with Crippen LogP contribution < -0.4 is 16.4 Å². The Labute approximate surface area is 208 Å². The topological polar surface area (TPSA) is 113 Å². The molecule has 0 aliphatic carbocycles. The van der Waals surface area contributed by atoms with Crippen LogP contribution in [-0.4, -0.2) is 27.8 Å². The van der Waals surface area contributed by atoms with Gasteiger partial charge in [0.1, 0.15) is 17.6 Å². The molecule has 1 atom stereocenters. The minimum absolute atomic E-state index is 0.258. The van der Waals surface area contributed by atoms with Crippen molar-refractivity contribution in [2.75, 3.05) is 5.73 Å². The molecule has 0 fully saturated rings. The molecule has 0 aliphatic rings. The number of anilines is 1. The molecule has 4 rings (SSSR count). The minimum atomic E-state index is -0.811. The van der Waals surface area contributed by atoms with Gasteiger partial charge < -0.3 is 21.4 Å². The number of pyridine rings is 1. The van der Waals surface area contributed by atoms with Crippen LogP contribution in [0.5, 0.6) is 0 Å². The lowest BCUT2D eigenvalue weighted by atomic mass is 10.0. The van der Waals surface area contributed by atoms with Gasteiger partial charge in [-0.05, 0) is 53.9 Å². The highest BCUT2D eigenvalue weighted by Gasteiger charge is 2.23. The van der Waals surface area contributed by atoms with Gasteiger partial charge in [0, 0.05) is 29.9 Å². The summed E-state index contributed by atoms with van der Waals surface area (Å²) in [5, 5.41) is 6.29. The average molecular weight is 488 g/mol. The predicted octanol–water partition coefficient (Wildman–Crippen LogP) is 4.28. The molecule has 0 radical (unpaired) electrons. The van der Waals surface area contributed by atoms with E-state index in [-0.39, 0.29) is 24.8 Å². The van der Waals surface area contributed by atoms with Gasteiger partial charge in [0.05, 0.1) is 0 Å². The molecule has 7 nitrogen and oxygen atoms in total. The van der Waals surface area contributed by atoms with Gasteiger partial charge in [-0.15, -0.1) is 0 Å². The third-order valence-electron chi connectivity index (χ3n) is 5.56. The van der Waals surface area contributed by atoms with Gasteiger partial charge in [-0.2, -0.15) is 0 Å². The normalized spacial score (nSPS) is 11.6. The number of benzene rings is 2. The molecule has 178 valence electrons. The Morgan fingerprint density at radius 1 is 1.03 bits per heavy atom. The van der Waals surface area contributed by atoms with E-state index in [9.17, 15) is 9.59 Å². The van der Waals surface area contributed by atoms with E-state index in [1.54, 1.807) is 36.5 Å². The fraction of sp³-hybridized carbons (Fsp3) is 0.148. The number of halogens is 1. The molecule has 0 unspecified atom stereocenters. The maximum Gasteiger partial charge on any atom is 0.268 e. The Balaban J connectivity index is 1.49. The summed E-state index contributed by atoms with van der Waals surface area (Å²) in [5.74, 6) is -0.290. The Morgan fingerprint density at radius 2 is 1.83 bits per heavy atom. The van der Waals surface area contributed by atoms with E-state index >= 15 is 0 Å². The zero-order valence-corrected chi connectivity index (χ0v) is 20.0. The molecule has 5 N–H and O–H groups in total. The molecular formula is C27H26ClN5O2. The third-order valence-corrected chi connectivity index (χ3v) is 5.79. The van der Waals surface area contributed by atoms with Gasteiger partial charge in [-0.1, -0.05) is 59.6 Å². The van der Waals surface area contributed by atoms with Gasteiger partial charge in [0.15, 0.2) is 0 Å². The standard InChI is InChI=1S/C27H26ClN5O2/c1-17-5-8-20(9-6-17)22-10-11-23(32-22)27(35)33-24(14-18-3-2-4-21(28)13-18)26(34)31-16-19-7-12-25(29)30-15-19/h2-13,15,24,32H,14,16H2,1H3,(H2,29,30)(H,31,34)(H,33,35)/t24-/m0/s1. The molecular weight excluding hydrogens is 462 g/mol. The molecule has 2 aromatic heterocycles. The number of nitrogens with one attached hydrogen (secondary N) is 3. The molecule has 0 saturated carbocycles. The number of nitrogen functional groups attached to an aromatic ring is 1. The summed E-state index contributed by atoms with van der Waals surface area (Å²) in [6.07, 6.45) is 1.88. The van der Waals surface area contributed by atoms with Crippen LogP contribution in [0.2, 0.25) is 5.02 Å². The Hall–Kier alpha value is -4.10. The number of nitrogens with zero attached hydrogens (tertiary/aromatic N) is 1. The lowest BCUT2D eigenvalue weighted by Crippen LogP contribution is -2.48. The highest BCUT2D eigenvalue weighted by Crippen LogP contribution is 2.19. The lowest BCUT2D eigenvalue weighted by Gasteiger charge is -2.19. The molecule has 0 saturated heterocycles. The Bertz CT molecular complexity index is 1320. The van der Waals surface area contributed by atoms with Crippen molar-refractivity contribution in [3.63, 3.8) is 0 Å². The summed E-state index contributed by atoms with van der Waals surface area (Å²) in [4.78, 5) is 33.3. The van der Waals surface area contributed by atoms with Crippen LogP contribution in [-0.2, 0) is 17.8 Å². The first-order valence-electron chi connectivity index (χ1n) is 11.2. The zero-order chi connectivity index (χ0) is 24.8. The van der Waals surface area contributed by atoms with E-state index in [1.807, 2.05) is 49.4 Å². The van der Waals surface area contributed by atoms with Crippen molar-refractivity contribution in [1.82, 2.24) is 20.6 Å². The van der Waals surface area contributed by atoms with E-state index in [0.717, 1.165) is 27.9 Å². The highest BCUT2D eigenvalue weighted by molar-refractivity contribution is 6.30. The average Bonchev–Trinajstić information content (AvgIpc) is 3.34. The lowest BCUT2D eigenvalue weighted by molar-refractivity contribution is -0.123. The minimum Gasteiger partial charge on any atom is -0.384 e. The molecule has 35 heavy (non-hydrogen) atoms. The first kappa shape index (κ1) is 24.0.